The number of aromatic nitrogens is 2. The van der Waals surface area contributed by atoms with E-state index in [1.165, 1.54) is 6.07 Å². The van der Waals surface area contributed by atoms with E-state index < -0.39 is 6.09 Å². The first-order chi connectivity index (χ1) is 18.0. The van der Waals surface area contributed by atoms with E-state index in [1.54, 1.807) is 57.8 Å². The monoisotopic (exact) mass is 498 g/mol. The highest BCUT2D eigenvalue weighted by Crippen LogP contribution is 2.27. The third-order valence-electron chi connectivity index (χ3n) is 6.43. The van der Waals surface area contributed by atoms with Crippen LogP contribution in [-0.4, -0.2) is 57.8 Å². The number of piperazine rings is 1. The summed E-state index contributed by atoms with van der Waals surface area (Å²) in [6.45, 7) is 3.37. The summed E-state index contributed by atoms with van der Waals surface area (Å²) < 4.78 is 20.9. The largest absolute Gasteiger partial charge is 0.415 e. The number of carbonyl (C=O) groups excluding carboxylic acids is 2. The lowest BCUT2D eigenvalue weighted by Crippen LogP contribution is -2.52. The van der Waals surface area contributed by atoms with Crippen molar-refractivity contribution in [2.75, 3.05) is 26.2 Å². The summed E-state index contributed by atoms with van der Waals surface area (Å²) in [7, 11) is 0. The second-order valence-electron chi connectivity index (χ2n) is 8.95. The van der Waals surface area contributed by atoms with E-state index in [9.17, 15) is 14.0 Å². The third-order valence-corrected chi connectivity index (χ3v) is 6.43. The number of rotatable bonds is 5. The second-order valence-corrected chi connectivity index (χ2v) is 8.95. The van der Waals surface area contributed by atoms with Crippen molar-refractivity contribution in [2.24, 2.45) is 0 Å². The van der Waals surface area contributed by atoms with Gasteiger partial charge in [0.05, 0.1) is 11.4 Å². The summed E-state index contributed by atoms with van der Waals surface area (Å²) >= 11 is 0. The van der Waals surface area contributed by atoms with Gasteiger partial charge in [-0.05, 0) is 54.4 Å². The van der Waals surface area contributed by atoms with Gasteiger partial charge >= 0.3 is 6.09 Å². The first kappa shape index (κ1) is 24.2. The Labute approximate surface area is 214 Å². The zero-order valence-electron chi connectivity index (χ0n) is 20.5. The van der Waals surface area contributed by atoms with Gasteiger partial charge in [0, 0.05) is 31.7 Å². The Balaban J connectivity index is 1.29. The molecule has 4 aromatic rings. The Morgan fingerprint density at radius 3 is 2.16 bits per heavy atom. The lowest BCUT2D eigenvalue weighted by molar-refractivity contribution is -0.133. The summed E-state index contributed by atoms with van der Waals surface area (Å²) in [6.07, 6.45) is -0.420. The minimum absolute atomic E-state index is 0.0544. The van der Waals surface area contributed by atoms with Crippen molar-refractivity contribution in [3.8, 4) is 28.3 Å². The molecule has 0 N–H and O–H groups in total. The average Bonchev–Trinajstić information content (AvgIpc) is 3.35. The van der Waals surface area contributed by atoms with Crippen molar-refractivity contribution in [3.63, 3.8) is 0 Å². The molecule has 1 aliphatic heterocycles. The van der Waals surface area contributed by atoms with Crippen LogP contribution in [0.2, 0.25) is 0 Å². The van der Waals surface area contributed by atoms with Crippen LogP contribution in [-0.2, 0) is 11.3 Å². The van der Waals surface area contributed by atoms with Crippen LogP contribution in [0.1, 0.15) is 5.56 Å². The van der Waals surface area contributed by atoms with E-state index in [2.05, 4.69) is 0 Å². The van der Waals surface area contributed by atoms with Gasteiger partial charge in [-0.25, -0.2) is 9.18 Å². The van der Waals surface area contributed by atoms with Crippen LogP contribution in [0, 0.1) is 12.7 Å². The number of hydrogen-bond acceptors (Lipinski definition) is 4. The fourth-order valence-corrected chi connectivity index (χ4v) is 4.34. The summed E-state index contributed by atoms with van der Waals surface area (Å²) in [6, 6.07) is 25.5. The van der Waals surface area contributed by atoms with Crippen LogP contribution in [0.3, 0.4) is 0 Å². The number of aryl methyl sites for hydroxylation is 1. The van der Waals surface area contributed by atoms with E-state index in [1.807, 2.05) is 42.5 Å². The summed E-state index contributed by atoms with van der Waals surface area (Å²) in [4.78, 5) is 29.1. The van der Waals surface area contributed by atoms with Crippen LogP contribution in [0.15, 0.2) is 84.9 Å². The van der Waals surface area contributed by atoms with Crippen molar-refractivity contribution < 1.29 is 18.7 Å². The van der Waals surface area contributed by atoms with Gasteiger partial charge in [0.25, 0.3) is 0 Å². The lowest BCUT2D eigenvalue weighted by Gasteiger charge is -2.34. The van der Waals surface area contributed by atoms with Gasteiger partial charge in [-0.15, -0.1) is 0 Å². The fourth-order valence-electron chi connectivity index (χ4n) is 4.34. The molecule has 0 aliphatic carbocycles. The quantitative estimate of drug-likeness (QED) is 0.388. The van der Waals surface area contributed by atoms with E-state index in [4.69, 9.17) is 9.84 Å². The molecule has 5 rings (SSSR count). The van der Waals surface area contributed by atoms with Gasteiger partial charge in [-0.1, -0.05) is 48.5 Å². The first-order valence-corrected chi connectivity index (χ1v) is 12.2. The molecule has 1 aliphatic rings. The first-order valence-electron chi connectivity index (χ1n) is 12.2. The number of halogens is 1. The molecule has 0 saturated carbocycles. The highest BCUT2D eigenvalue weighted by atomic mass is 19.1. The molecular formula is C29H27FN4O3. The maximum absolute atomic E-state index is 13.8. The van der Waals surface area contributed by atoms with Crippen LogP contribution in [0.25, 0.3) is 22.5 Å². The minimum Gasteiger partial charge on any atom is -0.410 e. The average molecular weight is 499 g/mol. The standard InChI is InChI=1S/C29H27FN4O3/c1-21-18-23(12-13-25(21)30)26-19-27(22-8-4-2-5-9-22)34(31-26)20-28(35)32-14-16-33(17-15-32)29(36)37-24-10-6-3-7-11-24/h2-13,18-19H,14-17,20H2,1H3. The predicted octanol–water partition coefficient (Wildman–Crippen LogP) is 5.01. The van der Waals surface area contributed by atoms with Crippen molar-refractivity contribution >= 4 is 12.0 Å². The molecule has 188 valence electrons. The molecule has 1 aromatic heterocycles. The molecule has 0 spiro atoms. The summed E-state index contributed by atoms with van der Waals surface area (Å²) in [5.41, 5.74) is 3.72. The second kappa shape index (κ2) is 10.7. The van der Waals surface area contributed by atoms with Crippen molar-refractivity contribution in [3.05, 3.63) is 96.3 Å². The number of hydrogen-bond donors (Lipinski definition) is 0. The van der Waals surface area contributed by atoms with Gasteiger partial charge in [-0.3, -0.25) is 9.48 Å². The molecule has 2 amide bonds. The molecule has 1 fully saturated rings. The molecule has 0 radical (unpaired) electrons. The Hall–Kier alpha value is -4.46. The Morgan fingerprint density at radius 1 is 0.838 bits per heavy atom. The van der Waals surface area contributed by atoms with Gasteiger partial charge in [0.2, 0.25) is 5.91 Å². The van der Waals surface area contributed by atoms with E-state index in [0.717, 1.165) is 16.8 Å². The van der Waals surface area contributed by atoms with Gasteiger partial charge in [0.15, 0.2) is 0 Å². The maximum Gasteiger partial charge on any atom is 0.415 e. The Bertz CT molecular complexity index is 1400. The zero-order chi connectivity index (χ0) is 25.8. The minimum atomic E-state index is -0.420. The Morgan fingerprint density at radius 2 is 1.49 bits per heavy atom. The number of para-hydroxylation sites is 1. The summed E-state index contributed by atoms with van der Waals surface area (Å²) in [5, 5.41) is 4.71. The van der Waals surface area contributed by atoms with Crippen LogP contribution < -0.4 is 4.74 Å². The van der Waals surface area contributed by atoms with Gasteiger partial charge in [0.1, 0.15) is 18.1 Å². The Kier molecular flexibility index (Phi) is 6.98. The molecule has 3 aromatic carbocycles. The van der Waals surface area contributed by atoms with Crippen molar-refractivity contribution in [1.82, 2.24) is 19.6 Å². The third kappa shape index (κ3) is 5.53. The number of nitrogens with zero attached hydrogens (tertiary/aromatic N) is 4. The SMILES string of the molecule is Cc1cc(-c2cc(-c3ccccc3)n(CC(=O)N3CCN(C(=O)Oc4ccccc4)CC3)n2)ccc1F. The van der Waals surface area contributed by atoms with Crippen LogP contribution >= 0.6 is 0 Å². The van der Waals surface area contributed by atoms with E-state index in [0.29, 0.717) is 43.2 Å². The molecule has 0 unspecified atom stereocenters. The van der Waals surface area contributed by atoms with E-state index >= 15 is 0 Å². The molecular weight excluding hydrogens is 471 g/mol. The maximum atomic E-state index is 13.8. The van der Waals surface area contributed by atoms with Gasteiger partial charge in [-0.2, -0.15) is 5.10 Å². The van der Waals surface area contributed by atoms with Crippen molar-refractivity contribution in [2.45, 2.75) is 13.5 Å². The molecule has 8 heteroatoms. The topological polar surface area (TPSA) is 67.7 Å². The predicted molar refractivity (Wildman–Crippen MR) is 138 cm³/mol. The molecule has 7 nitrogen and oxygen atoms in total. The lowest BCUT2D eigenvalue weighted by atomic mass is 10.1. The molecule has 2 heterocycles. The highest BCUT2D eigenvalue weighted by molar-refractivity contribution is 5.78. The smallest absolute Gasteiger partial charge is 0.410 e. The molecule has 0 bridgehead atoms. The van der Waals surface area contributed by atoms with Crippen LogP contribution in [0.4, 0.5) is 9.18 Å². The fraction of sp³-hybridized carbons (Fsp3) is 0.207. The molecule has 0 atom stereocenters. The zero-order valence-corrected chi connectivity index (χ0v) is 20.5. The number of amides is 2. The number of carbonyl (C=O) groups is 2. The molecule has 37 heavy (non-hydrogen) atoms. The van der Waals surface area contributed by atoms with Gasteiger partial charge < -0.3 is 14.5 Å². The number of benzene rings is 3. The van der Waals surface area contributed by atoms with Crippen molar-refractivity contribution in [1.29, 1.82) is 0 Å². The normalized spacial score (nSPS) is 13.5. The highest BCUT2D eigenvalue weighted by Gasteiger charge is 2.26. The van der Waals surface area contributed by atoms with Crippen LogP contribution in [0.5, 0.6) is 5.75 Å². The van der Waals surface area contributed by atoms with E-state index in [-0.39, 0.29) is 18.3 Å². The molecule has 1 saturated heterocycles. The number of ether oxygens (including phenoxy) is 1. The summed E-state index contributed by atoms with van der Waals surface area (Å²) in [5.74, 6) is 0.136.